The molecule has 0 rings (SSSR count). The highest BCUT2D eigenvalue weighted by Crippen LogP contribution is 2.06. The number of hydrogen-bond donors (Lipinski definition) is 2. The summed E-state index contributed by atoms with van der Waals surface area (Å²) < 4.78 is 4.31. The average molecular weight is 246 g/mol. The van der Waals surface area contributed by atoms with Gasteiger partial charge in [-0.2, -0.15) is 5.26 Å². The molecular weight excluding hydrogens is 238 g/mol. The summed E-state index contributed by atoms with van der Waals surface area (Å²) in [6, 6.07) is 1.62. The van der Waals surface area contributed by atoms with Gasteiger partial charge in [-0.1, -0.05) is 0 Å². The van der Waals surface area contributed by atoms with Gasteiger partial charge in [0.2, 0.25) is 0 Å². The molecule has 70 valence electrons. The van der Waals surface area contributed by atoms with E-state index in [0.717, 1.165) is 0 Å². The number of carbonyl (C=O) groups is 1. The molecule has 0 saturated carbocycles. The van der Waals surface area contributed by atoms with Crippen LogP contribution < -0.4 is 5.73 Å². The normalized spacial score (nSPS) is 11.2. The quantitative estimate of drug-likeness (QED) is 0.330. The fourth-order valence-electron chi connectivity index (χ4n) is 0.538. The summed E-state index contributed by atoms with van der Waals surface area (Å²) in [6.45, 7) is 1.80. The number of hydrogen-bond acceptors (Lipinski definition) is 5. The van der Waals surface area contributed by atoms with Crippen molar-refractivity contribution in [2.75, 3.05) is 6.61 Å². The minimum atomic E-state index is -0.789. The molecule has 13 heavy (non-hydrogen) atoms. The Kier molecular flexibility index (Phi) is 4.77. The number of allylic oxidation sites excluding steroid dienone is 1. The molecular formula is C7H8BrN3O2. The lowest BCUT2D eigenvalue weighted by atomic mass is 10.2. The van der Waals surface area contributed by atoms with Gasteiger partial charge in [0, 0.05) is 0 Å². The number of carbonyl (C=O) groups excluding carboxylic acids is 1. The first-order valence-electron chi connectivity index (χ1n) is 3.36. The Hall–Kier alpha value is -1.35. The van der Waals surface area contributed by atoms with Gasteiger partial charge in [-0.25, -0.2) is 4.79 Å². The predicted molar refractivity (Wildman–Crippen MR) is 50.1 cm³/mol. The SMILES string of the molecule is CCOC(=O)/C(N)=C(\C#N)C(=N)Br. The van der Waals surface area contributed by atoms with Crippen LogP contribution in [0.25, 0.3) is 0 Å². The first-order valence-corrected chi connectivity index (χ1v) is 4.15. The van der Waals surface area contributed by atoms with E-state index >= 15 is 0 Å². The molecule has 6 heteroatoms. The topological polar surface area (TPSA) is 100.0 Å². The summed E-state index contributed by atoms with van der Waals surface area (Å²) in [4.78, 5) is 11.0. The zero-order chi connectivity index (χ0) is 10.4. The van der Waals surface area contributed by atoms with Crippen LogP contribution in [0.2, 0.25) is 0 Å². The van der Waals surface area contributed by atoms with Gasteiger partial charge in [0.25, 0.3) is 0 Å². The molecule has 0 aliphatic heterocycles. The van der Waals surface area contributed by atoms with Crippen molar-refractivity contribution in [3.63, 3.8) is 0 Å². The lowest BCUT2D eigenvalue weighted by Crippen LogP contribution is -2.18. The number of halogens is 1. The summed E-state index contributed by atoms with van der Waals surface area (Å²) in [7, 11) is 0. The lowest BCUT2D eigenvalue weighted by molar-refractivity contribution is -0.138. The van der Waals surface area contributed by atoms with Crippen molar-refractivity contribution in [2.24, 2.45) is 5.73 Å². The van der Waals surface area contributed by atoms with E-state index in [1.807, 2.05) is 0 Å². The first-order chi connectivity index (χ1) is 6.04. The second kappa shape index (κ2) is 5.32. The molecule has 0 aromatic carbocycles. The molecule has 0 aromatic heterocycles. The second-order valence-electron chi connectivity index (χ2n) is 1.93. The van der Waals surface area contributed by atoms with Crippen molar-refractivity contribution in [2.45, 2.75) is 6.92 Å². The summed E-state index contributed by atoms with van der Waals surface area (Å²) in [5.41, 5.74) is 4.69. The Labute approximate surface area is 83.8 Å². The van der Waals surface area contributed by atoms with E-state index in [4.69, 9.17) is 16.4 Å². The third-order valence-electron chi connectivity index (χ3n) is 1.10. The number of ether oxygens (including phenoxy) is 1. The van der Waals surface area contributed by atoms with Crippen LogP contribution in [0.3, 0.4) is 0 Å². The van der Waals surface area contributed by atoms with Crippen molar-refractivity contribution in [1.82, 2.24) is 0 Å². The molecule has 0 aromatic rings. The predicted octanol–water partition coefficient (Wildman–Crippen LogP) is 0.658. The van der Waals surface area contributed by atoms with Crippen LogP contribution in [0, 0.1) is 16.7 Å². The maximum atomic E-state index is 11.0. The number of nitriles is 1. The number of esters is 1. The molecule has 0 saturated heterocycles. The summed E-state index contributed by atoms with van der Waals surface area (Å²) >= 11 is 2.74. The van der Waals surface area contributed by atoms with Gasteiger partial charge in [-0.15, -0.1) is 0 Å². The van der Waals surface area contributed by atoms with Gasteiger partial charge >= 0.3 is 5.97 Å². The number of nitrogens with one attached hydrogen (secondary N) is 1. The van der Waals surface area contributed by atoms with E-state index in [9.17, 15) is 4.79 Å². The molecule has 0 amide bonds. The van der Waals surface area contributed by atoms with Gasteiger partial charge in [0.05, 0.1) is 6.61 Å². The number of nitrogens with zero attached hydrogens (tertiary/aromatic N) is 1. The smallest absolute Gasteiger partial charge is 0.355 e. The maximum absolute atomic E-state index is 11.0. The van der Waals surface area contributed by atoms with Crippen LogP contribution in [0.15, 0.2) is 11.3 Å². The monoisotopic (exact) mass is 245 g/mol. The molecule has 0 aliphatic rings. The highest BCUT2D eigenvalue weighted by atomic mass is 79.9. The second-order valence-corrected chi connectivity index (χ2v) is 2.73. The van der Waals surface area contributed by atoms with E-state index in [0.29, 0.717) is 0 Å². The minimum Gasteiger partial charge on any atom is -0.461 e. The number of rotatable bonds is 3. The highest BCUT2D eigenvalue weighted by Gasteiger charge is 2.14. The zero-order valence-corrected chi connectivity index (χ0v) is 8.51. The third kappa shape index (κ3) is 3.25. The van der Waals surface area contributed by atoms with Gasteiger partial charge in [0.1, 0.15) is 22.0 Å². The third-order valence-corrected chi connectivity index (χ3v) is 1.49. The van der Waals surface area contributed by atoms with Crippen molar-refractivity contribution in [3.05, 3.63) is 11.3 Å². The Morgan fingerprint density at radius 3 is 2.62 bits per heavy atom. The van der Waals surface area contributed by atoms with E-state index in [2.05, 4.69) is 20.7 Å². The molecule has 0 heterocycles. The fourth-order valence-corrected chi connectivity index (χ4v) is 0.841. The average Bonchev–Trinajstić information content (AvgIpc) is 2.05. The van der Waals surface area contributed by atoms with Gasteiger partial charge in [-0.05, 0) is 22.9 Å². The van der Waals surface area contributed by atoms with Gasteiger partial charge < -0.3 is 10.5 Å². The van der Waals surface area contributed by atoms with Crippen molar-refractivity contribution >= 4 is 26.5 Å². The Balaban J connectivity index is 4.89. The fraction of sp³-hybridized carbons (Fsp3) is 0.286. The van der Waals surface area contributed by atoms with E-state index in [-0.39, 0.29) is 22.5 Å². The van der Waals surface area contributed by atoms with Gasteiger partial charge in [-0.3, -0.25) is 5.41 Å². The van der Waals surface area contributed by atoms with Crippen LogP contribution in [0.4, 0.5) is 0 Å². The summed E-state index contributed by atoms with van der Waals surface area (Å²) in [5, 5.41) is 15.6. The molecule has 0 aliphatic carbocycles. The van der Waals surface area contributed by atoms with Crippen LogP contribution in [-0.2, 0) is 9.53 Å². The van der Waals surface area contributed by atoms with Gasteiger partial charge in [0.15, 0.2) is 0 Å². The molecule has 0 atom stereocenters. The zero-order valence-electron chi connectivity index (χ0n) is 6.93. The van der Waals surface area contributed by atoms with Crippen molar-refractivity contribution in [1.29, 1.82) is 10.7 Å². The minimum absolute atomic E-state index is 0.174. The molecule has 0 radical (unpaired) electrons. The molecule has 0 unspecified atom stereocenters. The van der Waals surface area contributed by atoms with E-state index in [1.165, 1.54) is 0 Å². The summed E-state index contributed by atoms with van der Waals surface area (Å²) in [6.07, 6.45) is 0. The summed E-state index contributed by atoms with van der Waals surface area (Å²) in [5.74, 6) is -0.789. The molecule has 0 bridgehead atoms. The van der Waals surface area contributed by atoms with Crippen molar-refractivity contribution in [3.8, 4) is 6.07 Å². The van der Waals surface area contributed by atoms with Crippen LogP contribution in [0.1, 0.15) is 6.92 Å². The molecule has 3 N–H and O–H groups in total. The van der Waals surface area contributed by atoms with Crippen molar-refractivity contribution < 1.29 is 9.53 Å². The van der Waals surface area contributed by atoms with Crippen LogP contribution >= 0.6 is 15.9 Å². The first kappa shape index (κ1) is 11.6. The largest absolute Gasteiger partial charge is 0.461 e. The highest BCUT2D eigenvalue weighted by molar-refractivity contribution is 9.18. The van der Waals surface area contributed by atoms with Crippen LogP contribution in [-0.4, -0.2) is 17.2 Å². The Morgan fingerprint density at radius 2 is 2.31 bits per heavy atom. The number of nitrogens with two attached hydrogens (primary N) is 1. The van der Waals surface area contributed by atoms with Crippen LogP contribution in [0.5, 0.6) is 0 Å². The van der Waals surface area contributed by atoms with E-state index < -0.39 is 5.97 Å². The van der Waals surface area contributed by atoms with E-state index in [1.54, 1.807) is 13.0 Å². The molecule has 0 fully saturated rings. The molecule has 0 spiro atoms. The Bertz CT molecular complexity index is 303. The Morgan fingerprint density at radius 1 is 1.77 bits per heavy atom. The molecule has 5 nitrogen and oxygen atoms in total. The maximum Gasteiger partial charge on any atom is 0.355 e. The lowest BCUT2D eigenvalue weighted by Gasteiger charge is -2.02. The standard InChI is InChI=1S/C7H8BrN3O2/c1-2-13-7(12)5(10)4(3-9)6(8)11/h11H,2,10H2,1H3/b5-4-,11-6?.